The summed E-state index contributed by atoms with van der Waals surface area (Å²) in [5.41, 5.74) is 0.172. The fraction of sp³-hybridized carbons (Fsp3) is 0.944. The standard InChI is InChI=1S/C18H30N2O/c1-18(2,3)15-4-5-20(17(21)19-15)16-13-7-11-6-12(9-13)10-14(16)8-11/h11-16H,4-10H2,1-3H3,(H,19,21). The molecule has 1 atom stereocenters. The third-order valence-electron chi connectivity index (χ3n) is 6.80. The first-order valence-electron chi connectivity index (χ1n) is 8.99. The minimum atomic E-state index is 0.172. The lowest BCUT2D eigenvalue weighted by Crippen LogP contribution is -2.64. The second-order valence-electron chi connectivity index (χ2n) is 9.27. The number of amides is 2. The van der Waals surface area contributed by atoms with E-state index in [1.807, 2.05) is 0 Å². The van der Waals surface area contributed by atoms with Crippen LogP contribution in [0.5, 0.6) is 0 Å². The summed E-state index contributed by atoms with van der Waals surface area (Å²) in [6.07, 6.45) is 8.17. The molecule has 1 N–H and O–H groups in total. The van der Waals surface area contributed by atoms with E-state index < -0.39 is 0 Å². The first kappa shape index (κ1) is 13.9. The molecule has 0 aromatic heterocycles. The molecule has 1 heterocycles. The van der Waals surface area contributed by atoms with E-state index in [1.54, 1.807) is 0 Å². The van der Waals surface area contributed by atoms with Gasteiger partial charge in [-0.1, -0.05) is 20.8 Å². The fourth-order valence-corrected chi connectivity index (χ4v) is 6.01. The summed E-state index contributed by atoms with van der Waals surface area (Å²) in [4.78, 5) is 14.9. The second-order valence-corrected chi connectivity index (χ2v) is 9.27. The molecule has 0 aromatic rings. The van der Waals surface area contributed by atoms with E-state index in [2.05, 4.69) is 31.0 Å². The van der Waals surface area contributed by atoms with E-state index in [1.165, 1.54) is 32.1 Å². The summed E-state index contributed by atoms with van der Waals surface area (Å²) in [5, 5.41) is 3.30. The Balaban J connectivity index is 1.49. The number of nitrogens with zero attached hydrogens (tertiary/aromatic N) is 1. The number of hydrogen-bond acceptors (Lipinski definition) is 1. The second kappa shape index (κ2) is 4.63. The minimum Gasteiger partial charge on any atom is -0.335 e. The Bertz CT molecular complexity index is 411. The molecule has 5 aliphatic rings. The Morgan fingerprint density at radius 1 is 1.00 bits per heavy atom. The number of carbonyl (C=O) groups is 1. The van der Waals surface area contributed by atoms with Gasteiger partial charge < -0.3 is 10.2 Å². The van der Waals surface area contributed by atoms with Crippen molar-refractivity contribution in [2.75, 3.05) is 6.54 Å². The number of hydrogen-bond donors (Lipinski definition) is 1. The molecule has 21 heavy (non-hydrogen) atoms. The highest BCUT2D eigenvalue weighted by molar-refractivity contribution is 5.76. The molecular weight excluding hydrogens is 260 g/mol. The first-order chi connectivity index (χ1) is 9.91. The molecule has 118 valence electrons. The van der Waals surface area contributed by atoms with Crippen molar-refractivity contribution in [2.24, 2.45) is 29.1 Å². The van der Waals surface area contributed by atoms with Gasteiger partial charge in [-0.05, 0) is 67.6 Å². The van der Waals surface area contributed by atoms with Crippen LogP contribution in [0.1, 0.15) is 59.3 Å². The highest BCUT2D eigenvalue weighted by Crippen LogP contribution is 2.55. The number of urea groups is 1. The maximum atomic E-state index is 12.7. The van der Waals surface area contributed by atoms with Crippen molar-refractivity contribution in [2.45, 2.75) is 71.4 Å². The zero-order valence-corrected chi connectivity index (χ0v) is 13.8. The molecule has 4 bridgehead atoms. The van der Waals surface area contributed by atoms with Crippen molar-refractivity contribution in [3.8, 4) is 0 Å². The lowest BCUT2D eigenvalue weighted by molar-refractivity contribution is -0.0568. The maximum absolute atomic E-state index is 12.7. The van der Waals surface area contributed by atoms with E-state index in [-0.39, 0.29) is 11.4 Å². The van der Waals surface area contributed by atoms with Crippen LogP contribution in [-0.2, 0) is 0 Å². The third-order valence-corrected chi connectivity index (χ3v) is 6.80. The average molecular weight is 290 g/mol. The molecule has 4 aliphatic carbocycles. The highest BCUT2D eigenvalue weighted by atomic mass is 16.2. The molecule has 2 amide bonds. The van der Waals surface area contributed by atoms with Gasteiger partial charge in [0, 0.05) is 18.6 Å². The fourth-order valence-electron chi connectivity index (χ4n) is 6.01. The summed E-state index contributed by atoms with van der Waals surface area (Å²) in [5.74, 6) is 3.58. The number of nitrogens with one attached hydrogen (secondary N) is 1. The van der Waals surface area contributed by atoms with Gasteiger partial charge in [0.25, 0.3) is 0 Å². The zero-order chi connectivity index (χ0) is 14.8. The van der Waals surface area contributed by atoms with Crippen molar-refractivity contribution < 1.29 is 4.79 Å². The summed E-state index contributed by atoms with van der Waals surface area (Å²) in [7, 11) is 0. The predicted molar refractivity (Wildman–Crippen MR) is 83.9 cm³/mol. The SMILES string of the molecule is CC(C)(C)C1CCN(C2C3CC4CC(C3)CC2C4)C(=O)N1. The third kappa shape index (κ3) is 2.27. The molecule has 5 fully saturated rings. The summed E-state index contributed by atoms with van der Waals surface area (Å²) in [6, 6.07) is 1.11. The molecule has 1 saturated heterocycles. The van der Waals surface area contributed by atoms with Gasteiger partial charge in [0.2, 0.25) is 0 Å². The van der Waals surface area contributed by atoms with Crippen LogP contribution < -0.4 is 5.32 Å². The van der Waals surface area contributed by atoms with Gasteiger partial charge in [0.05, 0.1) is 0 Å². The first-order valence-corrected chi connectivity index (χ1v) is 8.99. The van der Waals surface area contributed by atoms with Crippen LogP contribution in [0.25, 0.3) is 0 Å². The van der Waals surface area contributed by atoms with Crippen LogP contribution in [0.3, 0.4) is 0 Å². The largest absolute Gasteiger partial charge is 0.335 e. The van der Waals surface area contributed by atoms with Crippen molar-refractivity contribution in [1.29, 1.82) is 0 Å². The smallest absolute Gasteiger partial charge is 0.317 e. The summed E-state index contributed by atoms with van der Waals surface area (Å²) < 4.78 is 0. The van der Waals surface area contributed by atoms with E-state index in [9.17, 15) is 4.79 Å². The quantitative estimate of drug-likeness (QED) is 0.785. The highest BCUT2D eigenvalue weighted by Gasteiger charge is 2.51. The van der Waals surface area contributed by atoms with Gasteiger partial charge in [-0.3, -0.25) is 0 Å². The normalized spacial score (nSPS) is 45.9. The molecule has 0 spiro atoms. The van der Waals surface area contributed by atoms with E-state index >= 15 is 0 Å². The summed E-state index contributed by atoms with van der Waals surface area (Å²) >= 11 is 0. The van der Waals surface area contributed by atoms with E-state index in [0.717, 1.165) is 36.6 Å². The Morgan fingerprint density at radius 3 is 2.05 bits per heavy atom. The van der Waals surface area contributed by atoms with Gasteiger partial charge in [0.1, 0.15) is 0 Å². The Morgan fingerprint density at radius 2 is 1.57 bits per heavy atom. The monoisotopic (exact) mass is 290 g/mol. The van der Waals surface area contributed by atoms with Gasteiger partial charge in [-0.2, -0.15) is 0 Å². The molecule has 1 aliphatic heterocycles. The van der Waals surface area contributed by atoms with Crippen LogP contribution in [0, 0.1) is 29.1 Å². The van der Waals surface area contributed by atoms with Crippen LogP contribution in [-0.4, -0.2) is 29.6 Å². The average Bonchev–Trinajstić information content (AvgIpc) is 2.38. The van der Waals surface area contributed by atoms with E-state index in [0.29, 0.717) is 12.1 Å². The summed E-state index contributed by atoms with van der Waals surface area (Å²) in [6.45, 7) is 7.67. The number of rotatable bonds is 1. The van der Waals surface area contributed by atoms with Gasteiger partial charge in [0.15, 0.2) is 0 Å². The van der Waals surface area contributed by atoms with Crippen molar-refractivity contribution in [1.82, 2.24) is 10.2 Å². The van der Waals surface area contributed by atoms with Crippen molar-refractivity contribution in [3.05, 3.63) is 0 Å². The van der Waals surface area contributed by atoms with Crippen LogP contribution in [0.2, 0.25) is 0 Å². The van der Waals surface area contributed by atoms with Crippen molar-refractivity contribution >= 4 is 6.03 Å². The maximum Gasteiger partial charge on any atom is 0.317 e. The van der Waals surface area contributed by atoms with E-state index in [4.69, 9.17) is 0 Å². The van der Waals surface area contributed by atoms with Crippen LogP contribution in [0.4, 0.5) is 4.79 Å². The minimum absolute atomic E-state index is 0.172. The molecule has 0 radical (unpaired) electrons. The van der Waals surface area contributed by atoms with Crippen LogP contribution in [0.15, 0.2) is 0 Å². The lowest BCUT2D eigenvalue weighted by Gasteiger charge is -2.58. The lowest BCUT2D eigenvalue weighted by atomic mass is 9.54. The molecule has 0 aromatic carbocycles. The predicted octanol–water partition coefficient (Wildman–Crippen LogP) is 3.64. The Hall–Kier alpha value is -0.730. The topological polar surface area (TPSA) is 32.3 Å². The zero-order valence-electron chi connectivity index (χ0n) is 13.8. The molecular formula is C18H30N2O. The van der Waals surface area contributed by atoms with Gasteiger partial charge >= 0.3 is 6.03 Å². The van der Waals surface area contributed by atoms with Crippen LogP contribution >= 0.6 is 0 Å². The molecule has 3 nitrogen and oxygen atoms in total. The Kier molecular flexibility index (Phi) is 3.07. The van der Waals surface area contributed by atoms with Gasteiger partial charge in [-0.15, -0.1) is 0 Å². The molecule has 3 heteroatoms. The molecule has 4 saturated carbocycles. The van der Waals surface area contributed by atoms with Gasteiger partial charge in [-0.25, -0.2) is 4.79 Å². The molecule has 1 unspecified atom stereocenters. The number of carbonyl (C=O) groups excluding carboxylic acids is 1. The Labute approximate surface area is 128 Å². The van der Waals surface area contributed by atoms with Crippen molar-refractivity contribution in [3.63, 3.8) is 0 Å². The molecule has 5 rings (SSSR count).